The quantitative estimate of drug-likeness (QED) is 0.860. The Morgan fingerprint density at radius 3 is 2.77 bits per heavy atom. The highest BCUT2D eigenvalue weighted by molar-refractivity contribution is 5.89. The molecule has 0 aliphatic heterocycles. The van der Waals surface area contributed by atoms with Crippen molar-refractivity contribution in [2.24, 2.45) is 0 Å². The van der Waals surface area contributed by atoms with E-state index in [1.54, 1.807) is 48.6 Å². The van der Waals surface area contributed by atoms with Crippen LogP contribution in [-0.4, -0.2) is 34.5 Å². The number of pyridine rings is 2. The maximum absolute atomic E-state index is 11.9. The molecule has 2 amide bonds. The third-order valence-corrected chi connectivity index (χ3v) is 2.70. The number of nitrogens with zero attached hydrogens (tertiary/aromatic N) is 3. The predicted octanol–water partition coefficient (Wildman–Crippen LogP) is 3.31. The molecule has 0 saturated heterocycles. The first-order valence-electron chi connectivity index (χ1n) is 6.75. The van der Waals surface area contributed by atoms with Crippen LogP contribution < -0.4 is 10.1 Å². The molecule has 2 aromatic heterocycles. The van der Waals surface area contributed by atoms with Crippen molar-refractivity contribution in [1.82, 2.24) is 14.9 Å². The van der Waals surface area contributed by atoms with Crippen LogP contribution in [-0.2, 0) is 0 Å². The van der Waals surface area contributed by atoms with E-state index < -0.39 is 0 Å². The highest BCUT2D eigenvalue weighted by Gasteiger charge is 2.09. The van der Waals surface area contributed by atoms with Crippen molar-refractivity contribution in [3.63, 3.8) is 0 Å². The minimum Gasteiger partial charge on any atom is -0.437 e. The van der Waals surface area contributed by atoms with E-state index in [0.29, 0.717) is 23.9 Å². The summed E-state index contributed by atoms with van der Waals surface area (Å²) in [5, 5.41) is 2.75. The number of rotatable bonds is 5. The molecule has 0 unspecified atom stereocenters. The smallest absolute Gasteiger partial charge is 0.321 e. The van der Waals surface area contributed by atoms with Crippen LogP contribution in [0.5, 0.6) is 11.6 Å². The van der Waals surface area contributed by atoms with E-state index in [0.717, 1.165) is 5.57 Å². The molecule has 0 aliphatic rings. The van der Waals surface area contributed by atoms with Crippen LogP contribution in [0.3, 0.4) is 0 Å². The number of amides is 2. The molecule has 6 nitrogen and oxygen atoms in total. The highest BCUT2D eigenvalue weighted by atomic mass is 16.5. The number of aromatic nitrogens is 2. The van der Waals surface area contributed by atoms with Gasteiger partial charge in [0.05, 0.1) is 18.1 Å². The highest BCUT2D eigenvalue weighted by Crippen LogP contribution is 2.19. The fourth-order valence-electron chi connectivity index (χ4n) is 1.74. The van der Waals surface area contributed by atoms with E-state index >= 15 is 0 Å². The summed E-state index contributed by atoms with van der Waals surface area (Å²) in [6.45, 7) is 6.15. The van der Waals surface area contributed by atoms with Gasteiger partial charge >= 0.3 is 6.03 Å². The van der Waals surface area contributed by atoms with Crippen molar-refractivity contribution in [1.29, 1.82) is 0 Å². The van der Waals surface area contributed by atoms with Gasteiger partial charge in [-0.1, -0.05) is 12.2 Å². The van der Waals surface area contributed by atoms with Gasteiger partial charge in [0.25, 0.3) is 0 Å². The van der Waals surface area contributed by atoms with Gasteiger partial charge in [-0.05, 0) is 25.1 Å². The molecular weight excluding hydrogens is 280 g/mol. The summed E-state index contributed by atoms with van der Waals surface area (Å²) < 4.78 is 5.53. The topological polar surface area (TPSA) is 67.4 Å². The molecule has 114 valence electrons. The second-order valence-electron chi connectivity index (χ2n) is 4.92. The Kier molecular flexibility index (Phi) is 5.08. The lowest BCUT2D eigenvalue weighted by atomic mass is 10.3. The van der Waals surface area contributed by atoms with Gasteiger partial charge in [0, 0.05) is 25.9 Å². The third-order valence-electron chi connectivity index (χ3n) is 2.70. The number of carbonyl (C=O) groups is 1. The van der Waals surface area contributed by atoms with E-state index in [4.69, 9.17) is 4.74 Å². The van der Waals surface area contributed by atoms with Gasteiger partial charge < -0.3 is 15.0 Å². The van der Waals surface area contributed by atoms with Gasteiger partial charge in [0.15, 0.2) is 0 Å². The summed E-state index contributed by atoms with van der Waals surface area (Å²) in [6.07, 6.45) is 4.81. The average molecular weight is 298 g/mol. The van der Waals surface area contributed by atoms with E-state index in [-0.39, 0.29) is 6.03 Å². The number of ether oxygens (including phenoxy) is 1. The number of urea groups is 1. The Bertz CT molecular complexity index is 641. The standard InChI is InChI=1S/C16H18N4O2/c1-12(2)11-20(3)16(21)19-13-6-7-15(18-9-13)22-14-5-4-8-17-10-14/h4-10H,1,11H2,2-3H3,(H,19,21). The van der Waals surface area contributed by atoms with Gasteiger partial charge in [0.2, 0.25) is 5.88 Å². The second-order valence-corrected chi connectivity index (χ2v) is 4.92. The molecule has 0 radical (unpaired) electrons. The number of hydrogen-bond donors (Lipinski definition) is 1. The van der Waals surface area contributed by atoms with Crippen LogP contribution in [0.4, 0.5) is 10.5 Å². The lowest BCUT2D eigenvalue weighted by Gasteiger charge is -2.17. The zero-order chi connectivity index (χ0) is 15.9. The molecule has 0 aromatic carbocycles. The molecular formula is C16H18N4O2. The average Bonchev–Trinajstić information content (AvgIpc) is 2.49. The van der Waals surface area contributed by atoms with Gasteiger partial charge in [0.1, 0.15) is 5.75 Å². The Hall–Kier alpha value is -2.89. The second kappa shape index (κ2) is 7.21. The van der Waals surface area contributed by atoms with Crippen LogP contribution in [0.2, 0.25) is 0 Å². The third kappa shape index (κ3) is 4.59. The van der Waals surface area contributed by atoms with Crippen LogP contribution in [0.25, 0.3) is 0 Å². The molecule has 0 bridgehead atoms. The van der Waals surface area contributed by atoms with Crippen LogP contribution in [0.15, 0.2) is 55.0 Å². The number of anilines is 1. The van der Waals surface area contributed by atoms with E-state index in [2.05, 4.69) is 21.9 Å². The molecule has 6 heteroatoms. The summed E-state index contributed by atoms with van der Waals surface area (Å²) in [5.74, 6) is 1.04. The van der Waals surface area contributed by atoms with Crippen LogP contribution in [0, 0.1) is 0 Å². The summed E-state index contributed by atoms with van der Waals surface area (Å²) in [7, 11) is 1.71. The minimum atomic E-state index is -0.217. The lowest BCUT2D eigenvalue weighted by molar-refractivity contribution is 0.226. The van der Waals surface area contributed by atoms with Gasteiger partial charge in [-0.25, -0.2) is 9.78 Å². The number of hydrogen-bond acceptors (Lipinski definition) is 4. The van der Waals surface area contributed by atoms with Crippen molar-refractivity contribution in [2.45, 2.75) is 6.92 Å². The van der Waals surface area contributed by atoms with Crippen molar-refractivity contribution in [3.05, 3.63) is 55.0 Å². The molecule has 2 heterocycles. The molecule has 22 heavy (non-hydrogen) atoms. The first-order valence-corrected chi connectivity index (χ1v) is 6.75. The van der Waals surface area contributed by atoms with E-state index in [1.807, 2.05) is 6.92 Å². The molecule has 0 spiro atoms. The Balaban J connectivity index is 1.94. The monoisotopic (exact) mass is 298 g/mol. The number of nitrogens with one attached hydrogen (secondary N) is 1. The lowest BCUT2D eigenvalue weighted by Crippen LogP contribution is -2.32. The molecule has 2 aromatic rings. The van der Waals surface area contributed by atoms with E-state index in [1.165, 1.54) is 6.20 Å². The van der Waals surface area contributed by atoms with Crippen LogP contribution >= 0.6 is 0 Å². The summed E-state index contributed by atoms with van der Waals surface area (Å²) in [5.41, 5.74) is 1.51. The largest absolute Gasteiger partial charge is 0.437 e. The molecule has 0 fully saturated rings. The van der Waals surface area contributed by atoms with Crippen LogP contribution in [0.1, 0.15) is 6.92 Å². The molecule has 0 atom stereocenters. The Morgan fingerprint density at radius 2 is 2.18 bits per heavy atom. The molecule has 0 aliphatic carbocycles. The van der Waals surface area contributed by atoms with Crippen molar-refractivity contribution in [2.75, 3.05) is 18.9 Å². The Morgan fingerprint density at radius 1 is 1.36 bits per heavy atom. The first kappa shape index (κ1) is 15.5. The van der Waals surface area contributed by atoms with Crippen molar-refractivity contribution in [3.8, 4) is 11.6 Å². The zero-order valence-corrected chi connectivity index (χ0v) is 12.6. The molecule has 0 saturated carbocycles. The maximum Gasteiger partial charge on any atom is 0.321 e. The number of carbonyl (C=O) groups excluding carboxylic acids is 1. The first-order chi connectivity index (χ1) is 10.5. The Labute approximate surface area is 129 Å². The number of likely N-dealkylation sites (N-methyl/N-ethyl adjacent to an activating group) is 1. The van der Waals surface area contributed by atoms with Gasteiger partial charge in [-0.3, -0.25) is 4.98 Å². The summed E-state index contributed by atoms with van der Waals surface area (Å²) in [6, 6.07) is 6.76. The SMILES string of the molecule is C=C(C)CN(C)C(=O)Nc1ccc(Oc2cccnc2)nc1. The fraction of sp³-hybridized carbons (Fsp3) is 0.188. The van der Waals surface area contributed by atoms with Crippen molar-refractivity contribution < 1.29 is 9.53 Å². The predicted molar refractivity (Wildman–Crippen MR) is 85.0 cm³/mol. The zero-order valence-electron chi connectivity index (χ0n) is 12.6. The minimum absolute atomic E-state index is 0.217. The normalized spacial score (nSPS) is 9.91. The summed E-state index contributed by atoms with van der Waals surface area (Å²) >= 11 is 0. The molecule has 1 N–H and O–H groups in total. The molecule has 2 rings (SSSR count). The van der Waals surface area contributed by atoms with Gasteiger partial charge in [-0.2, -0.15) is 0 Å². The van der Waals surface area contributed by atoms with E-state index in [9.17, 15) is 4.79 Å². The van der Waals surface area contributed by atoms with Crippen molar-refractivity contribution >= 4 is 11.7 Å². The van der Waals surface area contributed by atoms with Gasteiger partial charge in [-0.15, -0.1) is 0 Å². The summed E-state index contributed by atoms with van der Waals surface area (Å²) in [4.78, 5) is 21.6. The fourth-order valence-corrected chi connectivity index (χ4v) is 1.74. The maximum atomic E-state index is 11.9.